The van der Waals surface area contributed by atoms with Crippen LogP contribution in [0.3, 0.4) is 0 Å². The third kappa shape index (κ3) is 4.67. The Balaban J connectivity index is 2.21. The average Bonchev–Trinajstić information content (AvgIpc) is 2.24. The lowest BCUT2D eigenvalue weighted by atomic mass is 10.1. The van der Waals surface area contributed by atoms with Crippen LogP contribution < -0.4 is 5.73 Å². The van der Waals surface area contributed by atoms with Crippen LogP contribution in [0.15, 0.2) is 24.3 Å². The van der Waals surface area contributed by atoms with Gasteiger partial charge in [-0.2, -0.15) is 0 Å². The SMILES string of the molecule is CC(C)C(C)OCCCc1cccc(N)c1. The number of benzene rings is 1. The highest BCUT2D eigenvalue weighted by molar-refractivity contribution is 5.40. The van der Waals surface area contributed by atoms with Gasteiger partial charge in [-0.1, -0.05) is 26.0 Å². The Morgan fingerprint density at radius 2 is 2.00 bits per heavy atom. The third-order valence-electron chi connectivity index (χ3n) is 2.88. The first-order chi connectivity index (χ1) is 7.59. The first-order valence-electron chi connectivity index (χ1n) is 6.05. The van der Waals surface area contributed by atoms with E-state index in [9.17, 15) is 0 Å². The van der Waals surface area contributed by atoms with E-state index in [1.165, 1.54) is 5.56 Å². The van der Waals surface area contributed by atoms with E-state index in [0.717, 1.165) is 25.1 Å². The van der Waals surface area contributed by atoms with E-state index in [-0.39, 0.29) is 0 Å². The Labute approximate surface area is 98.8 Å². The maximum atomic E-state index is 5.72. The fourth-order valence-corrected chi connectivity index (χ4v) is 1.49. The van der Waals surface area contributed by atoms with Crippen LogP contribution in [-0.2, 0) is 11.2 Å². The molecule has 1 aromatic carbocycles. The van der Waals surface area contributed by atoms with Crippen molar-refractivity contribution in [2.75, 3.05) is 12.3 Å². The largest absolute Gasteiger partial charge is 0.399 e. The van der Waals surface area contributed by atoms with Crippen molar-refractivity contribution in [1.29, 1.82) is 0 Å². The summed E-state index contributed by atoms with van der Waals surface area (Å²) in [5.74, 6) is 0.590. The van der Waals surface area contributed by atoms with E-state index < -0.39 is 0 Å². The van der Waals surface area contributed by atoms with Crippen molar-refractivity contribution in [3.05, 3.63) is 29.8 Å². The molecule has 0 saturated heterocycles. The Bertz CT molecular complexity index is 309. The standard InChI is InChI=1S/C14H23NO/c1-11(2)12(3)16-9-5-7-13-6-4-8-14(15)10-13/h4,6,8,10-12H,5,7,9,15H2,1-3H3. The van der Waals surface area contributed by atoms with Crippen LogP contribution in [0.1, 0.15) is 32.8 Å². The van der Waals surface area contributed by atoms with Crippen LogP contribution in [0.4, 0.5) is 5.69 Å². The number of hydrogen-bond donors (Lipinski definition) is 1. The van der Waals surface area contributed by atoms with Crippen molar-refractivity contribution in [2.24, 2.45) is 5.92 Å². The maximum absolute atomic E-state index is 5.72. The van der Waals surface area contributed by atoms with E-state index in [0.29, 0.717) is 12.0 Å². The number of rotatable bonds is 6. The van der Waals surface area contributed by atoms with E-state index in [4.69, 9.17) is 10.5 Å². The van der Waals surface area contributed by atoms with Gasteiger partial charge < -0.3 is 10.5 Å². The molecule has 0 spiro atoms. The van der Waals surface area contributed by atoms with Crippen molar-refractivity contribution in [1.82, 2.24) is 0 Å². The van der Waals surface area contributed by atoms with Gasteiger partial charge in [-0.25, -0.2) is 0 Å². The number of hydrogen-bond acceptors (Lipinski definition) is 2. The maximum Gasteiger partial charge on any atom is 0.0569 e. The second-order valence-electron chi connectivity index (χ2n) is 4.67. The second kappa shape index (κ2) is 6.54. The molecule has 90 valence electrons. The molecule has 0 aliphatic carbocycles. The van der Waals surface area contributed by atoms with Gasteiger partial charge in [-0.15, -0.1) is 0 Å². The molecule has 0 aromatic heterocycles. The quantitative estimate of drug-likeness (QED) is 0.591. The molecule has 0 bridgehead atoms. The number of nitrogen functional groups attached to an aromatic ring is 1. The zero-order valence-corrected chi connectivity index (χ0v) is 10.6. The summed E-state index contributed by atoms with van der Waals surface area (Å²) in [5, 5.41) is 0. The van der Waals surface area contributed by atoms with Gasteiger partial charge in [0.1, 0.15) is 0 Å². The van der Waals surface area contributed by atoms with Gasteiger partial charge in [0.25, 0.3) is 0 Å². The molecule has 1 aromatic rings. The highest BCUT2D eigenvalue weighted by Gasteiger charge is 2.06. The lowest BCUT2D eigenvalue weighted by molar-refractivity contribution is 0.0342. The van der Waals surface area contributed by atoms with E-state index in [2.05, 4.69) is 26.8 Å². The monoisotopic (exact) mass is 221 g/mol. The summed E-state index contributed by atoms with van der Waals surface area (Å²) in [6.45, 7) is 7.32. The molecule has 0 saturated carbocycles. The van der Waals surface area contributed by atoms with Crippen LogP contribution in [0.2, 0.25) is 0 Å². The van der Waals surface area contributed by atoms with Gasteiger partial charge in [0.2, 0.25) is 0 Å². The molecule has 16 heavy (non-hydrogen) atoms. The van der Waals surface area contributed by atoms with E-state index in [1.807, 2.05) is 18.2 Å². The van der Waals surface area contributed by atoms with Crippen LogP contribution >= 0.6 is 0 Å². The lowest BCUT2D eigenvalue weighted by Crippen LogP contribution is -2.16. The third-order valence-corrected chi connectivity index (χ3v) is 2.88. The Hall–Kier alpha value is -1.02. The van der Waals surface area contributed by atoms with Crippen LogP contribution in [0, 0.1) is 5.92 Å². The summed E-state index contributed by atoms with van der Waals surface area (Å²) < 4.78 is 5.72. The molecule has 0 aliphatic heterocycles. The Morgan fingerprint density at radius 1 is 1.25 bits per heavy atom. The molecule has 2 N–H and O–H groups in total. The normalized spacial score (nSPS) is 13.0. The minimum Gasteiger partial charge on any atom is -0.399 e. The number of aryl methyl sites for hydroxylation is 1. The van der Waals surface area contributed by atoms with Crippen LogP contribution in [0.5, 0.6) is 0 Å². The molecular weight excluding hydrogens is 198 g/mol. The average molecular weight is 221 g/mol. The topological polar surface area (TPSA) is 35.2 Å². The Morgan fingerprint density at radius 3 is 2.62 bits per heavy atom. The van der Waals surface area contributed by atoms with Crippen molar-refractivity contribution < 1.29 is 4.74 Å². The minimum atomic E-state index is 0.348. The molecule has 0 amide bonds. The van der Waals surface area contributed by atoms with E-state index >= 15 is 0 Å². The van der Waals surface area contributed by atoms with Gasteiger partial charge in [0.15, 0.2) is 0 Å². The minimum absolute atomic E-state index is 0.348. The smallest absolute Gasteiger partial charge is 0.0569 e. The van der Waals surface area contributed by atoms with Crippen molar-refractivity contribution in [2.45, 2.75) is 39.7 Å². The molecule has 0 aliphatic rings. The van der Waals surface area contributed by atoms with Gasteiger partial charge in [0.05, 0.1) is 6.10 Å². The van der Waals surface area contributed by atoms with Gasteiger partial charge in [0, 0.05) is 12.3 Å². The van der Waals surface area contributed by atoms with Gasteiger partial charge in [-0.05, 0) is 43.4 Å². The summed E-state index contributed by atoms with van der Waals surface area (Å²) in [7, 11) is 0. The zero-order chi connectivity index (χ0) is 12.0. The lowest BCUT2D eigenvalue weighted by Gasteiger charge is -2.16. The van der Waals surface area contributed by atoms with Crippen molar-refractivity contribution in [3.8, 4) is 0 Å². The molecule has 0 radical (unpaired) electrons. The highest BCUT2D eigenvalue weighted by atomic mass is 16.5. The predicted octanol–water partition coefficient (Wildman–Crippen LogP) is 3.26. The first kappa shape index (κ1) is 13.0. The number of ether oxygens (including phenoxy) is 1. The molecule has 1 unspecified atom stereocenters. The summed E-state index contributed by atoms with van der Waals surface area (Å²) >= 11 is 0. The summed E-state index contributed by atoms with van der Waals surface area (Å²) in [6.07, 6.45) is 2.44. The Kier molecular flexibility index (Phi) is 5.33. The molecule has 1 rings (SSSR count). The second-order valence-corrected chi connectivity index (χ2v) is 4.67. The summed E-state index contributed by atoms with van der Waals surface area (Å²) in [6, 6.07) is 8.07. The molecule has 2 heteroatoms. The molecule has 0 heterocycles. The van der Waals surface area contributed by atoms with E-state index in [1.54, 1.807) is 0 Å². The number of anilines is 1. The van der Waals surface area contributed by atoms with Crippen molar-refractivity contribution >= 4 is 5.69 Å². The van der Waals surface area contributed by atoms with Crippen molar-refractivity contribution in [3.63, 3.8) is 0 Å². The molecule has 1 atom stereocenters. The summed E-state index contributed by atoms with van der Waals surface area (Å²) in [4.78, 5) is 0. The molecular formula is C14H23NO. The molecule has 0 fully saturated rings. The predicted molar refractivity (Wildman–Crippen MR) is 69.4 cm³/mol. The molecule has 2 nitrogen and oxygen atoms in total. The fraction of sp³-hybridized carbons (Fsp3) is 0.571. The first-order valence-corrected chi connectivity index (χ1v) is 6.05. The zero-order valence-electron chi connectivity index (χ0n) is 10.6. The van der Waals surface area contributed by atoms with Gasteiger partial charge in [-0.3, -0.25) is 0 Å². The summed E-state index contributed by atoms with van der Waals surface area (Å²) in [5.41, 5.74) is 7.85. The highest BCUT2D eigenvalue weighted by Crippen LogP contribution is 2.10. The van der Waals surface area contributed by atoms with Crippen LogP contribution in [-0.4, -0.2) is 12.7 Å². The fourth-order valence-electron chi connectivity index (χ4n) is 1.49. The number of nitrogens with two attached hydrogens (primary N) is 1. The van der Waals surface area contributed by atoms with Crippen LogP contribution in [0.25, 0.3) is 0 Å². The van der Waals surface area contributed by atoms with Gasteiger partial charge >= 0.3 is 0 Å².